The molecule has 3 rings (SSSR count). The van der Waals surface area contributed by atoms with Gasteiger partial charge in [-0.1, -0.05) is 24.3 Å². The predicted octanol–water partition coefficient (Wildman–Crippen LogP) is 1.39. The van der Waals surface area contributed by atoms with Crippen LogP contribution < -0.4 is 0 Å². The molecule has 0 bridgehead atoms. The molecule has 8 nitrogen and oxygen atoms in total. The lowest BCUT2D eigenvalue weighted by atomic mass is 10.0. The highest BCUT2D eigenvalue weighted by molar-refractivity contribution is 6.04. The van der Waals surface area contributed by atoms with Crippen LogP contribution in [-0.2, 0) is 14.3 Å². The molecule has 2 aromatic carbocycles. The van der Waals surface area contributed by atoms with E-state index in [-0.39, 0.29) is 35.6 Å². The van der Waals surface area contributed by atoms with Gasteiger partial charge in [0.1, 0.15) is 23.7 Å². The number of benzene rings is 2. The van der Waals surface area contributed by atoms with Crippen LogP contribution in [0, 0.1) is 0 Å². The number of rotatable bonds is 3. The van der Waals surface area contributed by atoms with E-state index in [0.29, 0.717) is 5.39 Å². The number of carbonyl (C=O) groups excluding carboxylic acids is 3. The van der Waals surface area contributed by atoms with Crippen molar-refractivity contribution in [1.82, 2.24) is 4.90 Å². The van der Waals surface area contributed by atoms with E-state index in [4.69, 9.17) is 4.74 Å². The smallest absolute Gasteiger partial charge is 0.416 e. The Morgan fingerprint density at radius 2 is 1.92 bits per heavy atom. The molecule has 0 atom stereocenters. The van der Waals surface area contributed by atoms with E-state index in [1.54, 1.807) is 18.2 Å². The largest absolute Gasteiger partial charge is 0.507 e. The fraction of sp³-hybridized carbons (Fsp3) is 0.188. The topological polar surface area (TPSA) is 113 Å². The summed E-state index contributed by atoms with van der Waals surface area (Å²) in [6.45, 7) is -0.490. The van der Waals surface area contributed by atoms with E-state index in [0.717, 1.165) is 11.0 Å². The number of imide groups is 1. The van der Waals surface area contributed by atoms with Crippen LogP contribution in [0.2, 0.25) is 0 Å². The number of aromatic hydroxyl groups is 2. The Hall–Kier alpha value is -3.29. The van der Waals surface area contributed by atoms with Crippen molar-refractivity contribution in [3.05, 3.63) is 35.9 Å². The molecule has 1 saturated heterocycles. The third-order valence-corrected chi connectivity index (χ3v) is 3.60. The number of hydrogen-bond donors (Lipinski definition) is 2. The predicted molar refractivity (Wildman–Crippen MR) is 80.6 cm³/mol. The monoisotopic (exact) mass is 331 g/mol. The van der Waals surface area contributed by atoms with Crippen molar-refractivity contribution in [2.24, 2.45) is 0 Å². The van der Waals surface area contributed by atoms with Crippen molar-refractivity contribution in [3.63, 3.8) is 0 Å². The SMILES string of the molecule is O=C(OCC(=O)N1CCOC1=O)c1cc(O)c2ccccc2c1O. The molecule has 124 valence electrons. The minimum atomic E-state index is -0.991. The van der Waals surface area contributed by atoms with Crippen LogP contribution in [0.15, 0.2) is 30.3 Å². The summed E-state index contributed by atoms with van der Waals surface area (Å²) in [5.41, 5.74) is -0.275. The molecule has 0 saturated carbocycles. The van der Waals surface area contributed by atoms with Crippen molar-refractivity contribution in [1.29, 1.82) is 0 Å². The van der Waals surface area contributed by atoms with Gasteiger partial charge in [0.15, 0.2) is 6.61 Å². The normalized spacial score (nSPS) is 13.8. The second kappa shape index (κ2) is 6.07. The van der Waals surface area contributed by atoms with Crippen molar-refractivity contribution in [2.45, 2.75) is 0 Å². The molecule has 2 amide bonds. The van der Waals surface area contributed by atoms with Gasteiger partial charge in [-0.2, -0.15) is 0 Å². The van der Waals surface area contributed by atoms with Crippen LogP contribution >= 0.6 is 0 Å². The first-order valence-corrected chi connectivity index (χ1v) is 7.07. The molecule has 1 aliphatic heterocycles. The van der Waals surface area contributed by atoms with Crippen LogP contribution in [0.5, 0.6) is 11.5 Å². The molecule has 1 aliphatic rings. The zero-order valence-electron chi connectivity index (χ0n) is 12.4. The number of cyclic esters (lactones) is 1. The van der Waals surface area contributed by atoms with E-state index >= 15 is 0 Å². The number of carbonyl (C=O) groups is 3. The summed E-state index contributed by atoms with van der Waals surface area (Å²) in [5, 5.41) is 20.8. The average molecular weight is 331 g/mol. The Bertz CT molecular complexity index is 846. The van der Waals surface area contributed by atoms with Gasteiger partial charge in [0.2, 0.25) is 0 Å². The molecular weight excluding hydrogens is 318 g/mol. The molecular formula is C16H13NO7. The van der Waals surface area contributed by atoms with Crippen LogP contribution in [0.1, 0.15) is 10.4 Å². The number of hydrogen-bond acceptors (Lipinski definition) is 7. The third-order valence-electron chi connectivity index (χ3n) is 3.60. The summed E-state index contributed by atoms with van der Waals surface area (Å²) in [6, 6.07) is 7.50. The molecule has 24 heavy (non-hydrogen) atoms. The first-order valence-electron chi connectivity index (χ1n) is 7.07. The Kier molecular flexibility index (Phi) is 3.95. The number of amides is 2. The first kappa shape index (κ1) is 15.6. The van der Waals surface area contributed by atoms with Crippen LogP contribution in [0.3, 0.4) is 0 Å². The minimum Gasteiger partial charge on any atom is -0.507 e. The highest BCUT2D eigenvalue weighted by Gasteiger charge is 2.29. The lowest BCUT2D eigenvalue weighted by molar-refractivity contribution is -0.131. The summed E-state index contributed by atoms with van der Waals surface area (Å²) in [6.07, 6.45) is -0.790. The van der Waals surface area contributed by atoms with Gasteiger partial charge >= 0.3 is 12.1 Å². The molecule has 0 unspecified atom stereocenters. The van der Waals surface area contributed by atoms with Gasteiger partial charge in [-0.15, -0.1) is 0 Å². The summed E-state index contributed by atoms with van der Waals surface area (Å²) >= 11 is 0. The summed E-state index contributed by atoms with van der Waals surface area (Å²) < 4.78 is 9.44. The van der Waals surface area contributed by atoms with Gasteiger partial charge < -0.3 is 19.7 Å². The molecule has 8 heteroatoms. The number of phenolic OH excluding ortho intramolecular Hbond substituents is 2. The van der Waals surface area contributed by atoms with E-state index in [2.05, 4.69) is 4.74 Å². The number of nitrogens with zero attached hydrogens (tertiary/aromatic N) is 1. The summed E-state index contributed by atoms with van der Waals surface area (Å²) in [7, 11) is 0. The number of fused-ring (bicyclic) bond motifs is 1. The lowest BCUT2D eigenvalue weighted by Crippen LogP contribution is -2.35. The molecule has 0 aliphatic carbocycles. The van der Waals surface area contributed by atoms with Gasteiger partial charge in [0.25, 0.3) is 5.91 Å². The first-order chi connectivity index (χ1) is 11.5. The summed E-state index contributed by atoms with van der Waals surface area (Å²) in [4.78, 5) is 35.9. The number of phenols is 2. The third kappa shape index (κ3) is 2.69. The maximum Gasteiger partial charge on any atom is 0.416 e. The molecule has 2 N–H and O–H groups in total. The molecule has 0 aromatic heterocycles. The van der Waals surface area contributed by atoms with Crippen LogP contribution in [0.4, 0.5) is 4.79 Å². The molecule has 0 spiro atoms. The quantitative estimate of drug-likeness (QED) is 0.645. The van der Waals surface area contributed by atoms with Crippen molar-refractivity contribution in [2.75, 3.05) is 19.8 Å². The molecule has 1 fully saturated rings. The highest BCUT2D eigenvalue weighted by atomic mass is 16.6. The van der Waals surface area contributed by atoms with Crippen molar-refractivity contribution < 1.29 is 34.1 Å². The number of esters is 1. The van der Waals surface area contributed by atoms with Gasteiger partial charge in [0, 0.05) is 10.8 Å². The van der Waals surface area contributed by atoms with E-state index < -0.39 is 24.6 Å². The van der Waals surface area contributed by atoms with Crippen molar-refractivity contribution in [3.8, 4) is 11.5 Å². The standard InChI is InChI=1S/C16H13NO7/c18-12-7-11(14(20)10-4-2-1-3-9(10)12)15(21)24-8-13(19)17-5-6-23-16(17)22/h1-4,7,18,20H,5-6,8H2. The second-order valence-electron chi connectivity index (χ2n) is 5.07. The van der Waals surface area contributed by atoms with Gasteiger partial charge in [-0.05, 0) is 6.07 Å². The zero-order chi connectivity index (χ0) is 17.3. The molecule has 2 aromatic rings. The maximum atomic E-state index is 12.1. The maximum absolute atomic E-state index is 12.1. The molecule has 0 radical (unpaired) electrons. The Balaban J connectivity index is 1.78. The lowest BCUT2D eigenvalue weighted by Gasteiger charge is -2.12. The zero-order valence-corrected chi connectivity index (χ0v) is 12.4. The average Bonchev–Trinajstić information content (AvgIpc) is 3.02. The van der Waals surface area contributed by atoms with E-state index in [9.17, 15) is 24.6 Å². The Labute approximate surface area is 135 Å². The second-order valence-corrected chi connectivity index (χ2v) is 5.07. The number of ether oxygens (including phenoxy) is 2. The van der Waals surface area contributed by atoms with E-state index in [1.165, 1.54) is 6.07 Å². The highest BCUT2D eigenvalue weighted by Crippen LogP contribution is 2.35. The van der Waals surface area contributed by atoms with Crippen LogP contribution in [0.25, 0.3) is 10.8 Å². The fourth-order valence-corrected chi connectivity index (χ4v) is 2.40. The Morgan fingerprint density at radius 1 is 1.21 bits per heavy atom. The van der Waals surface area contributed by atoms with Gasteiger partial charge in [0.05, 0.1) is 6.54 Å². The van der Waals surface area contributed by atoms with Gasteiger partial charge in [-0.25, -0.2) is 14.5 Å². The fourth-order valence-electron chi connectivity index (χ4n) is 2.40. The minimum absolute atomic E-state index is 0.0945. The molecule has 1 heterocycles. The van der Waals surface area contributed by atoms with Crippen molar-refractivity contribution >= 4 is 28.7 Å². The summed E-state index contributed by atoms with van der Waals surface area (Å²) in [5.74, 6) is -2.28. The Morgan fingerprint density at radius 3 is 2.58 bits per heavy atom. The van der Waals surface area contributed by atoms with Crippen LogP contribution in [-0.4, -0.2) is 52.8 Å². The van der Waals surface area contributed by atoms with E-state index in [1.807, 2.05) is 0 Å². The van der Waals surface area contributed by atoms with Gasteiger partial charge in [-0.3, -0.25) is 4.79 Å².